The van der Waals surface area contributed by atoms with E-state index in [-0.39, 0.29) is 17.2 Å². The molecule has 2 atom stereocenters. The Kier molecular flexibility index (Phi) is 5.20. The number of benzene rings is 1. The Bertz CT molecular complexity index is 746. The minimum atomic E-state index is -0.209. The number of para-hydroxylation sites is 1. The number of rotatable bonds is 6. The van der Waals surface area contributed by atoms with Crippen LogP contribution >= 0.6 is 23.1 Å². The van der Waals surface area contributed by atoms with E-state index in [2.05, 4.69) is 35.1 Å². The van der Waals surface area contributed by atoms with E-state index in [1.165, 1.54) is 28.7 Å². The molecule has 1 N–H and O–H groups in total. The Hall–Kier alpha value is -1.86. The molecule has 0 fully saturated rings. The van der Waals surface area contributed by atoms with E-state index >= 15 is 0 Å². The molecule has 0 saturated heterocycles. The summed E-state index contributed by atoms with van der Waals surface area (Å²) in [5.41, 5.74) is 2.27. The standard InChI is InChI=1S/C17H20N4OS2/c1-4-9-18-16-19-20-17(24-16)23-12(3)15(22)21-11(2)10-13-7-5-6-8-14(13)21/h4-8,11-12H,1,9-10H2,2-3H3,(H,18,19)/t11-,12+/m0/s1. The number of fused-ring (bicyclic) bond motifs is 1. The third-order valence-electron chi connectivity index (χ3n) is 3.87. The van der Waals surface area contributed by atoms with Crippen LogP contribution in [0.5, 0.6) is 0 Å². The number of hydrogen-bond acceptors (Lipinski definition) is 6. The zero-order chi connectivity index (χ0) is 17.1. The maximum Gasteiger partial charge on any atom is 0.240 e. The van der Waals surface area contributed by atoms with Gasteiger partial charge in [-0.3, -0.25) is 4.79 Å². The summed E-state index contributed by atoms with van der Waals surface area (Å²) in [5.74, 6) is 0.119. The zero-order valence-electron chi connectivity index (χ0n) is 13.7. The average molecular weight is 361 g/mol. The predicted octanol–water partition coefficient (Wildman–Crippen LogP) is 3.59. The summed E-state index contributed by atoms with van der Waals surface area (Å²) >= 11 is 2.92. The average Bonchev–Trinajstić information content (AvgIpc) is 3.15. The van der Waals surface area contributed by atoms with E-state index < -0.39 is 0 Å². The fourth-order valence-corrected chi connectivity index (χ4v) is 4.74. The van der Waals surface area contributed by atoms with E-state index in [0.717, 1.165) is 21.6 Å². The molecule has 126 valence electrons. The van der Waals surface area contributed by atoms with Crippen molar-refractivity contribution in [2.45, 2.75) is 35.9 Å². The molecule has 3 rings (SSSR count). The molecule has 0 saturated carbocycles. The topological polar surface area (TPSA) is 58.1 Å². The Labute approximate surface area is 150 Å². The second kappa shape index (κ2) is 7.36. The summed E-state index contributed by atoms with van der Waals surface area (Å²) < 4.78 is 0.794. The first-order valence-electron chi connectivity index (χ1n) is 7.86. The van der Waals surface area contributed by atoms with Gasteiger partial charge in [-0.15, -0.1) is 16.8 Å². The van der Waals surface area contributed by atoms with Gasteiger partial charge in [0.2, 0.25) is 11.0 Å². The summed E-state index contributed by atoms with van der Waals surface area (Å²) in [5, 5.41) is 11.9. The summed E-state index contributed by atoms with van der Waals surface area (Å²) in [6.07, 6.45) is 2.68. The Balaban J connectivity index is 1.69. The molecule has 1 aliphatic rings. The molecule has 1 amide bonds. The van der Waals surface area contributed by atoms with Crippen LogP contribution in [0.2, 0.25) is 0 Å². The lowest BCUT2D eigenvalue weighted by molar-refractivity contribution is -0.118. The summed E-state index contributed by atoms with van der Waals surface area (Å²) in [6, 6.07) is 8.32. The predicted molar refractivity (Wildman–Crippen MR) is 101 cm³/mol. The number of aromatic nitrogens is 2. The number of carbonyl (C=O) groups excluding carboxylic acids is 1. The highest BCUT2D eigenvalue weighted by Gasteiger charge is 2.33. The zero-order valence-corrected chi connectivity index (χ0v) is 15.4. The lowest BCUT2D eigenvalue weighted by Gasteiger charge is -2.25. The van der Waals surface area contributed by atoms with Crippen molar-refractivity contribution < 1.29 is 4.79 Å². The van der Waals surface area contributed by atoms with Gasteiger partial charge in [-0.1, -0.05) is 47.4 Å². The molecule has 1 aromatic heterocycles. The number of hydrogen-bond donors (Lipinski definition) is 1. The van der Waals surface area contributed by atoms with E-state index in [1.807, 2.05) is 30.0 Å². The lowest BCUT2D eigenvalue weighted by atomic mass is 10.1. The lowest BCUT2D eigenvalue weighted by Crippen LogP contribution is -2.40. The molecular formula is C17H20N4OS2. The maximum atomic E-state index is 12.9. The molecule has 5 nitrogen and oxygen atoms in total. The molecule has 24 heavy (non-hydrogen) atoms. The van der Waals surface area contributed by atoms with Gasteiger partial charge in [-0.25, -0.2) is 0 Å². The van der Waals surface area contributed by atoms with Gasteiger partial charge in [-0.05, 0) is 31.9 Å². The van der Waals surface area contributed by atoms with Gasteiger partial charge in [0.1, 0.15) is 0 Å². The Morgan fingerprint density at radius 1 is 1.54 bits per heavy atom. The highest BCUT2D eigenvalue weighted by Crippen LogP contribution is 2.35. The molecular weight excluding hydrogens is 340 g/mol. The fourth-order valence-electron chi connectivity index (χ4n) is 2.79. The molecule has 2 aromatic rings. The van der Waals surface area contributed by atoms with Crippen molar-refractivity contribution in [2.75, 3.05) is 16.8 Å². The largest absolute Gasteiger partial charge is 0.357 e. The van der Waals surface area contributed by atoms with Crippen molar-refractivity contribution in [2.24, 2.45) is 0 Å². The number of thioether (sulfide) groups is 1. The summed E-state index contributed by atoms with van der Waals surface area (Å²) in [4.78, 5) is 14.9. The number of nitrogens with zero attached hydrogens (tertiary/aromatic N) is 3. The SMILES string of the molecule is C=CCNc1nnc(S[C@H](C)C(=O)N2c3ccccc3C[C@@H]2C)s1. The van der Waals surface area contributed by atoms with Crippen LogP contribution in [0.15, 0.2) is 41.3 Å². The Morgan fingerprint density at radius 2 is 2.33 bits per heavy atom. The quantitative estimate of drug-likeness (QED) is 0.630. The first kappa shape index (κ1) is 17.0. The van der Waals surface area contributed by atoms with Gasteiger partial charge in [-0.2, -0.15) is 0 Å². The molecule has 7 heteroatoms. The molecule has 0 unspecified atom stereocenters. The van der Waals surface area contributed by atoms with Crippen LogP contribution in [-0.4, -0.2) is 33.9 Å². The maximum absolute atomic E-state index is 12.9. The van der Waals surface area contributed by atoms with Crippen LogP contribution in [-0.2, 0) is 11.2 Å². The minimum absolute atomic E-state index is 0.119. The van der Waals surface area contributed by atoms with Crippen LogP contribution in [0.1, 0.15) is 19.4 Å². The molecule has 0 aliphatic carbocycles. The highest BCUT2D eigenvalue weighted by atomic mass is 32.2. The molecule has 2 heterocycles. The van der Waals surface area contributed by atoms with Crippen molar-refractivity contribution in [1.82, 2.24) is 10.2 Å². The number of carbonyl (C=O) groups is 1. The van der Waals surface area contributed by atoms with E-state index in [9.17, 15) is 4.79 Å². The first-order chi connectivity index (χ1) is 11.6. The number of anilines is 2. The van der Waals surface area contributed by atoms with E-state index in [4.69, 9.17) is 0 Å². The van der Waals surface area contributed by atoms with Gasteiger partial charge >= 0.3 is 0 Å². The smallest absolute Gasteiger partial charge is 0.240 e. The van der Waals surface area contributed by atoms with Crippen molar-refractivity contribution in [3.63, 3.8) is 0 Å². The van der Waals surface area contributed by atoms with Crippen molar-refractivity contribution >= 4 is 39.8 Å². The first-order valence-corrected chi connectivity index (χ1v) is 9.55. The molecule has 0 spiro atoms. The Morgan fingerprint density at radius 3 is 3.12 bits per heavy atom. The van der Waals surface area contributed by atoms with Gasteiger partial charge < -0.3 is 10.2 Å². The summed E-state index contributed by atoms with van der Waals surface area (Å²) in [6.45, 7) is 8.34. The van der Waals surface area contributed by atoms with Crippen LogP contribution < -0.4 is 10.2 Å². The minimum Gasteiger partial charge on any atom is -0.357 e. The van der Waals surface area contributed by atoms with E-state index in [0.29, 0.717) is 6.54 Å². The van der Waals surface area contributed by atoms with Crippen molar-refractivity contribution in [1.29, 1.82) is 0 Å². The molecule has 1 aromatic carbocycles. The number of amides is 1. The van der Waals surface area contributed by atoms with E-state index in [1.54, 1.807) is 6.08 Å². The third-order valence-corrected chi connectivity index (χ3v) is 5.93. The fraction of sp³-hybridized carbons (Fsp3) is 0.353. The monoisotopic (exact) mass is 360 g/mol. The van der Waals surface area contributed by atoms with Crippen LogP contribution in [0.25, 0.3) is 0 Å². The number of nitrogens with one attached hydrogen (secondary N) is 1. The van der Waals surface area contributed by atoms with Crippen LogP contribution in [0.4, 0.5) is 10.8 Å². The normalized spacial score (nSPS) is 17.4. The van der Waals surface area contributed by atoms with Crippen LogP contribution in [0.3, 0.4) is 0 Å². The van der Waals surface area contributed by atoms with Crippen molar-refractivity contribution in [3.8, 4) is 0 Å². The van der Waals surface area contributed by atoms with Crippen LogP contribution in [0, 0.1) is 0 Å². The van der Waals surface area contributed by atoms with Gasteiger partial charge in [0, 0.05) is 18.3 Å². The molecule has 0 bridgehead atoms. The highest BCUT2D eigenvalue weighted by molar-refractivity contribution is 8.02. The summed E-state index contributed by atoms with van der Waals surface area (Å²) in [7, 11) is 0. The third kappa shape index (κ3) is 3.47. The van der Waals surface area contributed by atoms with Gasteiger partial charge in [0.05, 0.1) is 5.25 Å². The molecule has 0 radical (unpaired) electrons. The van der Waals surface area contributed by atoms with Gasteiger partial charge in [0.25, 0.3) is 0 Å². The molecule has 1 aliphatic heterocycles. The second-order valence-corrected chi connectivity index (χ2v) is 8.26. The second-order valence-electron chi connectivity index (χ2n) is 5.69. The van der Waals surface area contributed by atoms with Gasteiger partial charge in [0.15, 0.2) is 4.34 Å². The van der Waals surface area contributed by atoms with Crippen molar-refractivity contribution in [3.05, 3.63) is 42.5 Å².